The van der Waals surface area contributed by atoms with Crippen molar-refractivity contribution in [3.63, 3.8) is 0 Å². The van der Waals surface area contributed by atoms with E-state index in [9.17, 15) is 59.7 Å². The largest absolute Gasteiger partial charge is 0.481 e. The Morgan fingerprint density at radius 3 is 1.93 bits per heavy atom. The minimum Gasteiger partial charge on any atom is -0.481 e. The molecule has 14 atom stereocenters. The molecular weight excluding hydrogens is 1240 g/mol. The number of aliphatic hydroxyl groups excluding tert-OH is 7. The van der Waals surface area contributed by atoms with E-state index in [1.54, 1.807) is 60.6 Å². The molecule has 2 amide bonds. The van der Waals surface area contributed by atoms with Crippen LogP contribution in [-0.4, -0.2) is 226 Å². The zero-order valence-electron chi connectivity index (χ0n) is 54.8. The summed E-state index contributed by atoms with van der Waals surface area (Å²) < 4.78 is 60.6. The summed E-state index contributed by atoms with van der Waals surface area (Å²) in [6.45, 7) is 18.0. The van der Waals surface area contributed by atoms with Crippen LogP contribution in [0.5, 0.6) is 11.5 Å². The van der Waals surface area contributed by atoms with Gasteiger partial charge in [0.05, 0.1) is 59.7 Å². The van der Waals surface area contributed by atoms with E-state index >= 15 is 0 Å². The minimum absolute atomic E-state index is 0.0403. The lowest BCUT2D eigenvalue weighted by molar-refractivity contribution is -0.333. The molecule has 5 aliphatic heterocycles. The fraction of sp³-hybridized carbons (Fsp3) is 0.682. The van der Waals surface area contributed by atoms with Crippen molar-refractivity contribution in [2.24, 2.45) is 11.8 Å². The van der Waals surface area contributed by atoms with Gasteiger partial charge in [0.25, 0.3) is 11.8 Å². The van der Waals surface area contributed by atoms with Gasteiger partial charge in [0, 0.05) is 45.6 Å². The molecule has 26 heteroatoms. The number of hydrogen-bond donors (Lipinski definition) is 7. The Bertz CT molecular complexity index is 2860. The number of esters is 3. The molecule has 516 valence electrons. The smallest absolute Gasteiger partial charge is 0.342 e. The maximum atomic E-state index is 14.7. The molecule has 0 aromatic heterocycles. The van der Waals surface area contributed by atoms with Crippen LogP contribution in [-0.2, 0) is 63.5 Å². The van der Waals surface area contributed by atoms with E-state index in [0.29, 0.717) is 61.9 Å². The Balaban J connectivity index is 1.22. The van der Waals surface area contributed by atoms with Crippen LogP contribution in [0.1, 0.15) is 137 Å². The number of carbonyl (C=O) groups is 5. The molecule has 0 unspecified atom stereocenters. The van der Waals surface area contributed by atoms with Crippen molar-refractivity contribution >= 4 is 52.9 Å². The number of methoxy groups -OCH3 is 1. The van der Waals surface area contributed by atoms with Crippen molar-refractivity contribution < 1.29 is 107 Å². The number of carbonyl (C=O) groups excluding carboxylic acids is 5. The van der Waals surface area contributed by atoms with Crippen LogP contribution in [0.3, 0.4) is 0 Å². The average molecular weight is 1340 g/mol. The number of cyclic esters (lactones) is 1. The molecule has 0 bridgehead atoms. The van der Waals surface area contributed by atoms with Crippen LogP contribution in [0.15, 0.2) is 58.7 Å². The summed E-state index contributed by atoms with van der Waals surface area (Å²) in [5.41, 5.74) is 0.365. The topological polar surface area (TPSA) is 326 Å². The first-order valence-corrected chi connectivity index (χ1v) is 32.4. The number of allylic oxidation sites excluding steroid dienone is 4. The molecule has 7 N–H and O–H groups in total. The molecule has 1 aromatic rings. The van der Waals surface area contributed by atoms with E-state index in [1.165, 1.54) is 42.9 Å². The molecule has 5 aliphatic rings. The van der Waals surface area contributed by atoms with Gasteiger partial charge < -0.3 is 92.9 Å². The lowest BCUT2D eigenvalue weighted by atomic mass is 9.88. The van der Waals surface area contributed by atoms with Crippen molar-refractivity contribution in [2.75, 3.05) is 53.1 Å². The maximum Gasteiger partial charge on any atom is 0.342 e. The van der Waals surface area contributed by atoms with Gasteiger partial charge in [-0.1, -0.05) is 86.9 Å². The molecule has 6 rings (SSSR count). The molecule has 4 saturated heterocycles. The average Bonchev–Trinajstić information content (AvgIpc) is 0.827. The third kappa shape index (κ3) is 19.6. The van der Waals surface area contributed by atoms with Crippen molar-refractivity contribution in [1.82, 2.24) is 9.80 Å². The fourth-order valence-electron chi connectivity index (χ4n) is 11.5. The normalized spacial score (nSPS) is 32.2. The van der Waals surface area contributed by atoms with Crippen molar-refractivity contribution in [1.29, 1.82) is 0 Å². The number of likely N-dealkylation sites (tertiary alicyclic amines) is 2. The van der Waals surface area contributed by atoms with E-state index in [2.05, 4.69) is 0 Å². The number of amides is 2. The Morgan fingerprint density at radius 2 is 1.38 bits per heavy atom. The quantitative estimate of drug-likeness (QED) is 0.0507. The number of benzene rings is 1. The fourth-order valence-corrected chi connectivity index (χ4v) is 12.2. The lowest BCUT2D eigenvalue weighted by Gasteiger charge is -2.47. The summed E-state index contributed by atoms with van der Waals surface area (Å²) in [6, 6.07) is 0. The summed E-state index contributed by atoms with van der Waals surface area (Å²) in [5.74, 6) is -4.92. The SMILES string of the molecule is CCc1c(Cl)c(OCC(=O)N2CCC(O)CC2)c(Cl)c(OCC(=O)N2CCC(O)CC2)c1C(=O)O[C@@H]1[C@@H](O)[C@@H](OC)[C@@H](OC/C2=C\C=C\C[C@H](O)/C(C)=C/[C@H](CC)[C@@H](O[C@@H]3OC(C)(C)[C@@H](OC(=O)C(C)C)[C@H](O)[C@@H]3O)/C(C)=C/C(C)=C/C[C@@H]([C@@H](C)O)OC2=O)O[C@H]1C. The first kappa shape index (κ1) is 76.0. The van der Waals surface area contributed by atoms with E-state index < -0.39 is 159 Å². The standard InChI is InChI=1S/C66H96Cl2N2O22/c1-13-40-30-36(6)45(74)18-16-15-17-41(62(81)88-46(38(8)71)20-19-35(5)29-37(7)55(40)90-64-53(78)52(77)60(66(10,11)92-64)91-61(80)34(3)4)31-86-65-59(83-12)54(79)56(39(9)87-65)89-63(82)49-44(14-2)50(67)58(85-33-48(76)70-27-23-43(73)24-28-70)51(68)57(49)84-32-47(75)69-25-21-42(72)22-26-69/h15-17,19,29-30,34,38-40,42-43,45-46,52-56,59-60,64-65,71-74,77-79H,13-14,18,20-28,31-33H2,1-12H3/b16-15+,35-19+,36-30+,37-29+,41-17+/t38-,39+,40+,45+,46+,52-,53+,54-,55+,56+,59-,60+,64-,65+/m1/s1. The highest BCUT2D eigenvalue weighted by Gasteiger charge is 2.53. The van der Waals surface area contributed by atoms with E-state index in [-0.39, 0.29) is 70.6 Å². The molecule has 92 heavy (non-hydrogen) atoms. The third-order valence-corrected chi connectivity index (χ3v) is 18.0. The number of ether oxygens (including phenoxy) is 10. The second-order valence-electron chi connectivity index (χ2n) is 25.1. The zero-order valence-corrected chi connectivity index (χ0v) is 56.3. The summed E-state index contributed by atoms with van der Waals surface area (Å²) in [5, 5.41) is 76.9. The lowest BCUT2D eigenvalue weighted by Crippen LogP contribution is -2.64. The van der Waals surface area contributed by atoms with E-state index in [0.717, 1.165) is 0 Å². The first-order chi connectivity index (χ1) is 43.4. The van der Waals surface area contributed by atoms with Crippen LogP contribution in [0.2, 0.25) is 10.0 Å². The summed E-state index contributed by atoms with van der Waals surface area (Å²) in [7, 11) is 1.26. The van der Waals surface area contributed by atoms with Crippen molar-refractivity contribution in [2.45, 2.75) is 225 Å². The molecule has 0 saturated carbocycles. The molecule has 4 fully saturated rings. The third-order valence-electron chi connectivity index (χ3n) is 17.3. The minimum atomic E-state index is -1.66. The van der Waals surface area contributed by atoms with Gasteiger partial charge in [0.15, 0.2) is 49.5 Å². The summed E-state index contributed by atoms with van der Waals surface area (Å²) >= 11 is 13.9. The molecule has 1 aromatic carbocycles. The Hall–Kier alpha value is -5.03. The van der Waals surface area contributed by atoms with Gasteiger partial charge in [-0.2, -0.15) is 0 Å². The monoisotopic (exact) mass is 1340 g/mol. The van der Waals surface area contributed by atoms with Crippen LogP contribution in [0.25, 0.3) is 0 Å². The number of rotatable bonds is 19. The van der Waals surface area contributed by atoms with Crippen LogP contribution in [0.4, 0.5) is 0 Å². The number of hydrogen-bond acceptors (Lipinski definition) is 22. The van der Waals surface area contributed by atoms with Gasteiger partial charge in [-0.3, -0.25) is 14.4 Å². The van der Waals surface area contributed by atoms with Crippen LogP contribution in [0, 0.1) is 11.8 Å². The molecule has 24 nitrogen and oxygen atoms in total. The van der Waals surface area contributed by atoms with Gasteiger partial charge in [-0.25, -0.2) is 9.59 Å². The Morgan fingerprint density at radius 1 is 0.783 bits per heavy atom. The second-order valence-corrected chi connectivity index (χ2v) is 25.9. The zero-order chi connectivity index (χ0) is 68.1. The molecule has 0 aliphatic carbocycles. The van der Waals surface area contributed by atoms with Gasteiger partial charge in [0.1, 0.15) is 46.7 Å². The highest BCUT2D eigenvalue weighted by atomic mass is 35.5. The summed E-state index contributed by atoms with van der Waals surface area (Å²) in [6.07, 6.45) is -5.87. The maximum absolute atomic E-state index is 14.7. The van der Waals surface area contributed by atoms with Gasteiger partial charge in [-0.15, -0.1) is 0 Å². The van der Waals surface area contributed by atoms with E-state index in [1.807, 2.05) is 26.0 Å². The van der Waals surface area contributed by atoms with Crippen LogP contribution >= 0.6 is 23.2 Å². The predicted octanol–water partition coefficient (Wildman–Crippen LogP) is 5.55. The van der Waals surface area contributed by atoms with Crippen molar-refractivity contribution in [3.05, 3.63) is 79.9 Å². The van der Waals surface area contributed by atoms with E-state index in [4.69, 9.17) is 70.6 Å². The second kappa shape index (κ2) is 34.6. The Labute approximate surface area is 548 Å². The van der Waals surface area contributed by atoms with Gasteiger partial charge >= 0.3 is 17.9 Å². The van der Waals surface area contributed by atoms with Crippen molar-refractivity contribution in [3.8, 4) is 11.5 Å². The van der Waals surface area contributed by atoms with Crippen LogP contribution < -0.4 is 9.47 Å². The molecular formula is C66H96Cl2N2O22. The van der Waals surface area contributed by atoms with Gasteiger partial charge in [0.2, 0.25) is 0 Å². The highest BCUT2D eigenvalue weighted by Crippen LogP contribution is 2.47. The highest BCUT2D eigenvalue weighted by molar-refractivity contribution is 6.39. The van der Waals surface area contributed by atoms with Gasteiger partial charge in [-0.05, 0) is 116 Å². The Kier molecular flexibility index (Phi) is 28.6. The number of aliphatic hydroxyl groups is 7. The molecule has 5 heterocycles. The number of nitrogens with zero attached hydrogens (tertiary/aromatic N) is 2. The number of halogens is 2. The first-order valence-electron chi connectivity index (χ1n) is 31.7. The number of piperidine rings is 2. The predicted molar refractivity (Wildman–Crippen MR) is 336 cm³/mol. The molecule has 0 spiro atoms. The summed E-state index contributed by atoms with van der Waals surface area (Å²) in [4.78, 5) is 71.4. The molecule has 0 radical (unpaired) electrons.